The number of hydrogen-bond acceptors (Lipinski definition) is 3. The van der Waals surface area contributed by atoms with E-state index in [4.69, 9.17) is 0 Å². The fraction of sp³-hybridized carbons (Fsp3) is 0.625. The van der Waals surface area contributed by atoms with Crippen molar-refractivity contribution in [3.63, 3.8) is 0 Å². The number of aromatic nitrogens is 1. The van der Waals surface area contributed by atoms with Gasteiger partial charge in [0, 0.05) is 31.5 Å². The zero-order valence-electron chi connectivity index (χ0n) is 12.9. The van der Waals surface area contributed by atoms with Crippen molar-refractivity contribution in [1.82, 2.24) is 9.88 Å². The molecular formula is C16H25N3O. The number of pyridine rings is 1. The summed E-state index contributed by atoms with van der Waals surface area (Å²) in [6.45, 7) is 7.06. The average molecular weight is 275 g/mol. The second-order valence-electron chi connectivity index (χ2n) is 5.79. The van der Waals surface area contributed by atoms with Crippen LogP contribution >= 0.6 is 0 Å². The Balaban J connectivity index is 2.19. The van der Waals surface area contributed by atoms with Crippen LogP contribution in [0.2, 0.25) is 0 Å². The molecule has 1 aliphatic carbocycles. The van der Waals surface area contributed by atoms with Gasteiger partial charge in [-0.1, -0.05) is 6.92 Å². The first-order valence-corrected chi connectivity index (χ1v) is 7.52. The molecule has 4 nitrogen and oxygen atoms in total. The molecule has 1 unspecified atom stereocenters. The maximum atomic E-state index is 12.7. The van der Waals surface area contributed by atoms with Gasteiger partial charge in [0.1, 0.15) is 0 Å². The summed E-state index contributed by atoms with van der Waals surface area (Å²) < 4.78 is 0. The van der Waals surface area contributed by atoms with Crippen molar-refractivity contribution in [3.8, 4) is 0 Å². The Morgan fingerprint density at radius 1 is 1.55 bits per heavy atom. The first kappa shape index (κ1) is 14.8. The predicted molar refractivity (Wildman–Crippen MR) is 82.0 cm³/mol. The van der Waals surface area contributed by atoms with Gasteiger partial charge in [-0.25, -0.2) is 0 Å². The summed E-state index contributed by atoms with van der Waals surface area (Å²) in [5, 5.41) is 3.34. The Morgan fingerprint density at radius 3 is 2.85 bits per heavy atom. The lowest BCUT2D eigenvalue weighted by molar-refractivity contribution is 0.0728. The minimum absolute atomic E-state index is 0.0653. The van der Waals surface area contributed by atoms with Crippen molar-refractivity contribution in [1.29, 1.82) is 0 Å². The third-order valence-electron chi connectivity index (χ3n) is 4.07. The number of nitrogens with one attached hydrogen (secondary N) is 1. The molecule has 1 aromatic rings. The molecular weight excluding hydrogens is 250 g/mol. The van der Waals surface area contributed by atoms with Crippen molar-refractivity contribution in [2.24, 2.45) is 5.92 Å². The van der Waals surface area contributed by atoms with Crippen molar-refractivity contribution < 1.29 is 4.79 Å². The summed E-state index contributed by atoms with van der Waals surface area (Å²) in [7, 11) is 1.90. The lowest BCUT2D eigenvalue weighted by atomic mass is 10.1. The number of nitrogens with zero attached hydrogens (tertiary/aromatic N) is 2. The smallest absolute Gasteiger partial charge is 0.257 e. The molecule has 4 heteroatoms. The van der Waals surface area contributed by atoms with E-state index >= 15 is 0 Å². The highest BCUT2D eigenvalue weighted by atomic mass is 16.2. The molecule has 1 aliphatic rings. The van der Waals surface area contributed by atoms with Gasteiger partial charge in [0.2, 0.25) is 0 Å². The minimum Gasteiger partial charge on any atom is -0.384 e. The standard InChI is InChI=1S/C16H25N3O/c1-5-8-17-15-9-11(2)18-10-14(15)16(20)19(4)12(3)13-6-7-13/h9-10,12-13H,5-8H2,1-4H3,(H,17,18). The Labute approximate surface area is 121 Å². The molecule has 1 heterocycles. The van der Waals surface area contributed by atoms with Crippen LogP contribution in [0.3, 0.4) is 0 Å². The lowest BCUT2D eigenvalue weighted by Crippen LogP contribution is -2.36. The SMILES string of the molecule is CCCNc1cc(C)ncc1C(=O)N(C)C(C)C1CC1. The average Bonchev–Trinajstić information content (AvgIpc) is 3.27. The summed E-state index contributed by atoms with van der Waals surface area (Å²) in [6.07, 6.45) is 5.22. The van der Waals surface area contributed by atoms with E-state index in [9.17, 15) is 4.79 Å². The van der Waals surface area contributed by atoms with Crippen LogP contribution < -0.4 is 5.32 Å². The van der Waals surface area contributed by atoms with E-state index < -0.39 is 0 Å². The third kappa shape index (κ3) is 3.30. The van der Waals surface area contributed by atoms with Gasteiger partial charge in [-0.15, -0.1) is 0 Å². The van der Waals surface area contributed by atoms with E-state index in [1.807, 2.05) is 24.9 Å². The van der Waals surface area contributed by atoms with E-state index in [2.05, 4.69) is 24.1 Å². The Hall–Kier alpha value is -1.58. The second-order valence-corrected chi connectivity index (χ2v) is 5.79. The largest absolute Gasteiger partial charge is 0.384 e. The van der Waals surface area contributed by atoms with Gasteiger partial charge in [0.25, 0.3) is 5.91 Å². The van der Waals surface area contributed by atoms with Gasteiger partial charge < -0.3 is 10.2 Å². The van der Waals surface area contributed by atoms with E-state index in [0.717, 1.165) is 24.3 Å². The molecule has 0 spiro atoms. The van der Waals surface area contributed by atoms with Crippen molar-refractivity contribution in [2.45, 2.75) is 46.1 Å². The van der Waals surface area contributed by atoms with Crippen molar-refractivity contribution >= 4 is 11.6 Å². The number of rotatable bonds is 6. The molecule has 1 N–H and O–H groups in total. The molecule has 0 aliphatic heterocycles. The Kier molecular flexibility index (Phi) is 4.63. The summed E-state index contributed by atoms with van der Waals surface area (Å²) >= 11 is 0. The predicted octanol–water partition coefficient (Wildman–Crippen LogP) is 3.08. The Morgan fingerprint density at radius 2 is 2.25 bits per heavy atom. The zero-order chi connectivity index (χ0) is 14.7. The molecule has 1 saturated carbocycles. The van der Waals surface area contributed by atoms with Crippen molar-refractivity contribution in [2.75, 3.05) is 18.9 Å². The van der Waals surface area contributed by atoms with E-state index in [1.54, 1.807) is 6.20 Å². The number of carbonyl (C=O) groups excluding carboxylic acids is 1. The van der Waals surface area contributed by atoms with Crippen LogP contribution in [-0.2, 0) is 0 Å². The molecule has 0 radical (unpaired) electrons. The quantitative estimate of drug-likeness (QED) is 0.867. The van der Waals surface area contributed by atoms with Crippen LogP contribution in [0.15, 0.2) is 12.3 Å². The topological polar surface area (TPSA) is 45.2 Å². The number of hydrogen-bond donors (Lipinski definition) is 1. The fourth-order valence-corrected chi connectivity index (χ4v) is 2.41. The van der Waals surface area contributed by atoms with Crippen molar-refractivity contribution in [3.05, 3.63) is 23.5 Å². The monoisotopic (exact) mass is 275 g/mol. The lowest BCUT2D eigenvalue weighted by Gasteiger charge is -2.26. The molecule has 1 atom stereocenters. The summed E-state index contributed by atoms with van der Waals surface area (Å²) in [4.78, 5) is 18.8. The van der Waals surface area contributed by atoms with Crippen LogP contribution in [0.5, 0.6) is 0 Å². The summed E-state index contributed by atoms with van der Waals surface area (Å²) in [6, 6.07) is 2.27. The highest BCUT2D eigenvalue weighted by Gasteiger charge is 2.33. The van der Waals surface area contributed by atoms with E-state index in [1.165, 1.54) is 12.8 Å². The summed E-state index contributed by atoms with van der Waals surface area (Å²) in [5.41, 5.74) is 2.51. The number of amides is 1. The maximum absolute atomic E-state index is 12.7. The number of carbonyl (C=O) groups is 1. The molecule has 2 rings (SSSR count). The highest BCUT2D eigenvalue weighted by molar-refractivity contribution is 5.99. The van der Waals surface area contributed by atoms with E-state index in [-0.39, 0.29) is 5.91 Å². The fourth-order valence-electron chi connectivity index (χ4n) is 2.41. The minimum atomic E-state index is 0.0653. The van der Waals surface area contributed by atoms with Gasteiger partial charge >= 0.3 is 0 Å². The molecule has 0 saturated heterocycles. The van der Waals surface area contributed by atoms with Gasteiger partial charge in [-0.3, -0.25) is 9.78 Å². The van der Waals surface area contributed by atoms with Crippen LogP contribution in [0, 0.1) is 12.8 Å². The Bertz CT molecular complexity index is 483. The van der Waals surface area contributed by atoms with Crippen LogP contribution in [0.4, 0.5) is 5.69 Å². The summed E-state index contributed by atoms with van der Waals surface area (Å²) in [5.74, 6) is 0.741. The van der Waals surface area contributed by atoms with Crippen LogP contribution in [-0.4, -0.2) is 35.4 Å². The first-order valence-electron chi connectivity index (χ1n) is 7.52. The molecule has 1 aromatic heterocycles. The zero-order valence-corrected chi connectivity index (χ0v) is 12.9. The van der Waals surface area contributed by atoms with E-state index in [0.29, 0.717) is 17.5 Å². The molecule has 20 heavy (non-hydrogen) atoms. The molecule has 110 valence electrons. The van der Waals surface area contributed by atoms with Crippen LogP contribution in [0.1, 0.15) is 49.2 Å². The van der Waals surface area contributed by atoms with Gasteiger partial charge in [-0.05, 0) is 45.1 Å². The maximum Gasteiger partial charge on any atom is 0.257 e. The molecule has 0 bridgehead atoms. The van der Waals surface area contributed by atoms with Gasteiger partial charge in [0.15, 0.2) is 0 Å². The van der Waals surface area contributed by atoms with Crippen LogP contribution in [0.25, 0.3) is 0 Å². The third-order valence-corrected chi connectivity index (χ3v) is 4.07. The number of aryl methyl sites for hydroxylation is 1. The first-order chi connectivity index (χ1) is 9.54. The van der Waals surface area contributed by atoms with Gasteiger partial charge in [-0.2, -0.15) is 0 Å². The molecule has 1 fully saturated rings. The highest BCUT2D eigenvalue weighted by Crippen LogP contribution is 2.35. The van der Waals surface area contributed by atoms with Gasteiger partial charge in [0.05, 0.1) is 11.3 Å². The number of anilines is 1. The molecule has 1 amide bonds. The normalized spacial score (nSPS) is 15.8. The second kappa shape index (κ2) is 6.25. The molecule has 0 aromatic carbocycles.